The third-order valence-electron chi connectivity index (χ3n) is 5.42. The van der Waals surface area contributed by atoms with E-state index in [1.165, 1.54) is 10.8 Å². The van der Waals surface area contributed by atoms with Gasteiger partial charge in [0.1, 0.15) is 23.0 Å². The maximum atomic E-state index is 11.4. The molecule has 0 aliphatic rings. The van der Waals surface area contributed by atoms with Gasteiger partial charge in [-0.05, 0) is 60.4 Å². The summed E-state index contributed by atoms with van der Waals surface area (Å²) in [6, 6.07) is 22.4. The van der Waals surface area contributed by atoms with E-state index in [0.717, 1.165) is 32.5 Å². The molecule has 4 aromatic rings. The average molecular weight is 404 g/mol. The van der Waals surface area contributed by atoms with Crippen LogP contribution in [0.25, 0.3) is 10.8 Å². The molecule has 3 aromatic carbocycles. The second-order valence-corrected chi connectivity index (χ2v) is 8.58. The number of hydrogen-bond acceptors (Lipinski definition) is 4. The molecule has 1 unspecified atom stereocenters. The third kappa shape index (κ3) is 3.91. The SMILES string of the molecule is CCC(O)(c1cccc(OCc2ccc3ccccc3c2)c1)c1nc(C)c(C)s1. The lowest BCUT2D eigenvalue weighted by Crippen LogP contribution is -2.26. The zero-order valence-corrected chi connectivity index (χ0v) is 17.8. The normalized spacial score (nSPS) is 13.4. The number of hydrogen-bond donors (Lipinski definition) is 1. The molecule has 1 heterocycles. The van der Waals surface area contributed by atoms with Crippen LogP contribution < -0.4 is 4.74 Å². The molecular weight excluding hydrogens is 378 g/mol. The van der Waals surface area contributed by atoms with E-state index < -0.39 is 5.60 Å². The number of fused-ring (bicyclic) bond motifs is 1. The quantitative estimate of drug-likeness (QED) is 0.420. The lowest BCUT2D eigenvalue weighted by atomic mass is 9.91. The Morgan fingerprint density at radius 3 is 2.48 bits per heavy atom. The van der Waals surface area contributed by atoms with Crippen LogP contribution in [0.2, 0.25) is 0 Å². The van der Waals surface area contributed by atoms with E-state index in [1.54, 1.807) is 11.3 Å². The fraction of sp³-hybridized carbons (Fsp3) is 0.240. The summed E-state index contributed by atoms with van der Waals surface area (Å²) in [5, 5.41) is 14.6. The molecule has 3 nitrogen and oxygen atoms in total. The van der Waals surface area contributed by atoms with Crippen molar-refractivity contribution in [2.45, 2.75) is 39.4 Å². The fourth-order valence-corrected chi connectivity index (χ4v) is 4.56. The highest BCUT2D eigenvalue weighted by Crippen LogP contribution is 2.37. The first-order valence-corrected chi connectivity index (χ1v) is 10.7. The van der Waals surface area contributed by atoms with Crippen LogP contribution in [0, 0.1) is 13.8 Å². The Kier molecular flexibility index (Phi) is 5.39. The molecule has 0 spiro atoms. The molecule has 1 atom stereocenters. The van der Waals surface area contributed by atoms with Gasteiger partial charge in [0.25, 0.3) is 0 Å². The van der Waals surface area contributed by atoms with Crippen molar-refractivity contribution in [1.29, 1.82) is 0 Å². The van der Waals surface area contributed by atoms with Gasteiger partial charge in [0.05, 0.1) is 5.69 Å². The molecule has 148 valence electrons. The lowest BCUT2D eigenvalue weighted by Gasteiger charge is -2.25. The van der Waals surface area contributed by atoms with Gasteiger partial charge in [-0.3, -0.25) is 0 Å². The first-order valence-electron chi connectivity index (χ1n) is 9.87. The Labute approximate surface area is 175 Å². The first kappa shape index (κ1) is 19.6. The summed E-state index contributed by atoms with van der Waals surface area (Å²) in [5.74, 6) is 0.743. The van der Waals surface area contributed by atoms with Crippen LogP contribution in [-0.4, -0.2) is 10.1 Å². The number of aryl methyl sites for hydroxylation is 2. The van der Waals surface area contributed by atoms with Gasteiger partial charge in [-0.2, -0.15) is 0 Å². The molecule has 1 aromatic heterocycles. The Morgan fingerprint density at radius 2 is 1.76 bits per heavy atom. The highest BCUT2D eigenvalue weighted by atomic mass is 32.1. The highest BCUT2D eigenvalue weighted by Gasteiger charge is 2.33. The van der Waals surface area contributed by atoms with Gasteiger partial charge in [-0.15, -0.1) is 11.3 Å². The van der Waals surface area contributed by atoms with Crippen molar-refractivity contribution in [2.24, 2.45) is 0 Å². The number of aromatic nitrogens is 1. The van der Waals surface area contributed by atoms with E-state index >= 15 is 0 Å². The maximum Gasteiger partial charge on any atom is 0.141 e. The summed E-state index contributed by atoms with van der Waals surface area (Å²) in [4.78, 5) is 5.74. The standard InChI is InChI=1S/C25H25NO2S/c1-4-25(27,24-26-17(2)18(3)29-24)22-10-7-11-23(15-22)28-16-19-12-13-20-8-5-6-9-21(20)14-19/h5-15,27H,4,16H2,1-3H3. The average Bonchev–Trinajstić information content (AvgIpc) is 3.10. The summed E-state index contributed by atoms with van der Waals surface area (Å²) in [6.45, 7) is 6.48. The Bertz CT molecular complexity index is 1130. The summed E-state index contributed by atoms with van der Waals surface area (Å²) in [6.07, 6.45) is 0.549. The molecule has 1 N–H and O–H groups in total. The van der Waals surface area contributed by atoms with Crippen molar-refractivity contribution in [3.8, 4) is 5.75 Å². The van der Waals surface area contributed by atoms with Crippen molar-refractivity contribution >= 4 is 22.1 Å². The van der Waals surface area contributed by atoms with Gasteiger partial charge in [0, 0.05) is 4.88 Å². The summed E-state index contributed by atoms with van der Waals surface area (Å²) in [5.41, 5.74) is 1.79. The predicted molar refractivity (Wildman–Crippen MR) is 120 cm³/mol. The van der Waals surface area contributed by atoms with Crippen molar-refractivity contribution in [3.05, 3.63) is 93.4 Å². The second-order valence-electron chi connectivity index (χ2n) is 7.37. The molecule has 0 radical (unpaired) electrons. The number of benzene rings is 3. The minimum absolute atomic E-state index is 0.480. The van der Waals surface area contributed by atoms with Crippen molar-refractivity contribution < 1.29 is 9.84 Å². The monoisotopic (exact) mass is 403 g/mol. The van der Waals surface area contributed by atoms with Crippen LogP contribution in [0.5, 0.6) is 5.75 Å². The van der Waals surface area contributed by atoms with Crippen molar-refractivity contribution in [3.63, 3.8) is 0 Å². The number of aliphatic hydroxyl groups is 1. The lowest BCUT2D eigenvalue weighted by molar-refractivity contribution is 0.0757. The second kappa shape index (κ2) is 7.97. The zero-order chi connectivity index (χ0) is 20.4. The van der Waals surface area contributed by atoms with Gasteiger partial charge in [0.2, 0.25) is 0 Å². The summed E-state index contributed by atoms with van der Waals surface area (Å²) in [7, 11) is 0. The van der Waals surface area contributed by atoms with Crippen LogP contribution in [0.3, 0.4) is 0 Å². The van der Waals surface area contributed by atoms with Crippen LogP contribution in [0.15, 0.2) is 66.7 Å². The third-order valence-corrected chi connectivity index (χ3v) is 6.65. The van der Waals surface area contributed by atoms with E-state index in [0.29, 0.717) is 13.0 Å². The molecule has 4 heteroatoms. The molecule has 0 saturated carbocycles. The summed E-state index contributed by atoms with van der Waals surface area (Å²) < 4.78 is 6.06. The molecule has 0 saturated heterocycles. The van der Waals surface area contributed by atoms with Crippen LogP contribution in [0.4, 0.5) is 0 Å². The molecule has 0 bridgehead atoms. The van der Waals surface area contributed by atoms with Gasteiger partial charge in [-0.1, -0.05) is 55.5 Å². The van der Waals surface area contributed by atoms with E-state index in [-0.39, 0.29) is 0 Å². The van der Waals surface area contributed by atoms with Crippen LogP contribution in [0.1, 0.15) is 40.1 Å². The van der Waals surface area contributed by atoms with Gasteiger partial charge >= 0.3 is 0 Å². The molecular formula is C25H25NO2S. The van der Waals surface area contributed by atoms with Crippen molar-refractivity contribution in [2.75, 3.05) is 0 Å². The Morgan fingerprint density at radius 1 is 0.966 bits per heavy atom. The minimum Gasteiger partial charge on any atom is -0.489 e. The van der Waals surface area contributed by atoms with Crippen molar-refractivity contribution in [1.82, 2.24) is 4.98 Å². The van der Waals surface area contributed by atoms with Gasteiger partial charge < -0.3 is 9.84 Å². The molecule has 4 rings (SSSR count). The molecule has 0 amide bonds. The Hall–Kier alpha value is -2.69. The largest absolute Gasteiger partial charge is 0.489 e. The van der Waals surface area contributed by atoms with E-state index in [9.17, 15) is 5.11 Å². The fourth-order valence-electron chi connectivity index (χ4n) is 3.47. The molecule has 0 fully saturated rings. The zero-order valence-electron chi connectivity index (χ0n) is 17.0. The number of nitrogens with zero attached hydrogens (tertiary/aromatic N) is 1. The van der Waals surface area contributed by atoms with Crippen LogP contribution >= 0.6 is 11.3 Å². The van der Waals surface area contributed by atoms with E-state index in [4.69, 9.17) is 4.74 Å². The molecule has 0 aliphatic heterocycles. The number of rotatable bonds is 6. The predicted octanol–water partition coefficient (Wildman–Crippen LogP) is 6.14. The van der Waals surface area contributed by atoms with Gasteiger partial charge in [-0.25, -0.2) is 4.98 Å². The van der Waals surface area contributed by atoms with Crippen LogP contribution in [-0.2, 0) is 12.2 Å². The topological polar surface area (TPSA) is 42.4 Å². The minimum atomic E-state index is -1.11. The highest BCUT2D eigenvalue weighted by molar-refractivity contribution is 7.11. The Balaban J connectivity index is 1.57. The smallest absolute Gasteiger partial charge is 0.141 e. The van der Waals surface area contributed by atoms with E-state index in [2.05, 4.69) is 35.3 Å². The summed E-state index contributed by atoms with van der Waals surface area (Å²) >= 11 is 1.56. The number of thiazole rings is 1. The van der Waals surface area contributed by atoms with E-state index in [1.807, 2.05) is 57.2 Å². The number of ether oxygens (including phenoxy) is 1. The van der Waals surface area contributed by atoms with Gasteiger partial charge in [0.15, 0.2) is 0 Å². The maximum absolute atomic E-state index is 11.4. The first-order chi connectivity index (χ1) is 14.0. The molecule has 29 heavy (non-hydrogen) atoms. The molecule has 0 aliphatic carbocycles.